The van der Waals surface area contributed by atoms with Gasteiger partial charge in [0, 0.05) is 18.2 Å². The minimum Gasteiger partial charge on any atom is -0.497 e. The van der Waals surface area contributed by atoms with Crippen LogP contribution in [0.5, 0.6) is 11.5 Å². The van der Waals surface area contributed by atoms with E-state index in [-0.39, 0.29) is 12.5 Å². The van der Waals surface area contributed by atoms with Crippen molar-refractivity contribution in [1.82, 2.24) is 5.32 Å². The monoisotopic (exact) mass is 293 g/mol. The molecule has 1 aromatic rings. The fraction of sp³-hybridized carbons (Fsp3) is 0.562. The van der Waals surface area contributed by atoms with E-state index in [1.54, 1.807) is 32.4 Å². The number of hydrogen-bond donors (Lipinski definition) is 2. The molecule has 21 heavy (non-hydrogen) atoms. The number of benzene rings is 1. The summed E-state index contributed by atoms with van der Waals surface area (Å²) in [5.74, 6) is 0.901. The van der Waals surface area contributed by atoms with Crippen LogP contribution in [-0.4, -0.2) is 37.4 Å². The van der Waals surface area contributed by atoms with E-state index >= 15 is 0 Å². The van der Waals surface area contributed by atoms with Crippen LogP contribution in [0.1, 0.15) is 42.5 Å². The highest BCUT2D eigenvalue weighted by molar-refractivity contribution is 5.95. The van der Waals surface area contributed by atoms with Crippen LogP contribution < -0.4 is 14.8 Å². The van der Waals surface area contributed by atoms with E-state index in [0.29, 0.717) is 17.1 Å². The highest BCUT2D eigenvalue weighted by Gasteiger charge is 2.29. The number of methoxy groups -OCH3 is 2. The lowest BCUT2D eigenvalue weighted by Gasteiger charge is -2.32. The van der Waals surface area contributed by atoms with Gasteiger partial charge < -0.3 is 19.9 Å². The van der Waals surface area contributed by atoms with Crippen LogP contribution in [0.4, 0.5) is 0 Å². The molecule has 0 unspecified atom stereocenters. The number of carbonyl (C=O) groups is 1. The first-order chi connectivity index (χ1) is 10.1. The molecule has 1 saturated carbocycles. The van der Waals surface area contributed by atoms with Crippen LogP contribution in [-0.2, 0) is 0 Å². The van der Waals surface area contributed by atoms with E-state index in [4.69, 9.17) is 9.47 Å². The summed E-state index contributed by atoms with van der Waals surface area (Å²) < 4.78 is 10.3. The highest BCUT2D eigenvalue weighted by atomic mass is 16.5. The molecule has 0 aliphatic heterocycles. The van der Waals surface area contributed by atoms with Gasteiger partial charge in [-0.2, -0.15) is 0 Å². The number of ether oxygens (including phenoxy) is 2. The second kappa shape index (κ2) is 6.80. The Morgan fingerprint density at radius 2 is 1.71 bits per heavy atom. The summed E-state index contributed by atoms with van der Waals surface area (Å²) >= 11 is 0. The first-order valence-electron chi connectivity index (χ1n) is 7.30. The Hall–Kier alpha value is -1.75. The first kappa shape index (κ1) is 15.6. The summed E-state index contributed by atoms with van der Waals surface area (Å²) in [6.45, 7) is 0.283. The normalized spacial score (nSPS) is 17.1. The first-order valence-corrected chi connectivity index (χ1v) is 7.30. The van der Waals surface area contributed by atoms with Gasteiger partial charge >= 0.3 is 0 Å². The molecule has 0 heterocycles. The summed E-state index contributed by atoms with van der Waals surface area (Å²) in [6, 6.07) is 5.02. The zero-order chi connectivity index (χ0) is 15.3. The number of nitrogens with one attached hydrogen (secondary N) is 1. The van der Waals surface area contributed by atoms with E-state index in [9.17, 15) is 9.90 Å². The smallest absolute Gasteiger partial charge is 0.251 e. The fourth-order valence-corrected chi connectivity index (χ4v) is 2.67. The molecule has 1 amide bonds. The largest absolute Gasteiger partial charge is 0.497 e. The van der Waals surface area contributed by atoms with Crippen molar-refractivity contribution < 1.29 is 19.4 Å². The van der Waals surface area contributed by atoms with Gasteiger partial charge in [-0.1, -0.05) is 19.3 Å². The quantitative estimate of drug-likeness (QED) is 0.872. The predicted molar refractivity (Wildman–Crippen MR) is 79.9 cm³/mol. The van der Waals surface area contributed by atoms with E-state index < -0.39 is 5.60 Å². The fourth-order valence-electron chi connectivity index (χ4n) is 2.67. The van der Waals surface area contributed by atoms with Crippen molar-refractivity contribution in [3.63, 3.8) is 0 Å². The average Bonchev–Trinajstić information content (AvgIpc) is 2.52. The lowest BCUT2D eigenvalue weighted by atomic mass is 9.85. The third kappa shape index (κ3) is 4.11. The molecule has 0 atom stereocenters. The van der Waals surface area contributed by atoms with Crippen molar-refractivity contribution in [1.29, 1.82) is 0 Å². The van der Waals surface area contributed by atoms with Gasteiger partial charge in [0.05, 0.1) is 19.8 Å². The summed E-state index contributed by atoms with van der Waals surface area (Å²) in [5.41, 5.74) is -0.303. The predicted octanol–water partition coefficient (Wildman–Crippen LogP) is 2.13. The lowest BCUT2D eigenvalue weighted by molar-refractivity contribution is 0.00525. The second-order valence-electron chi connectivity index (χ2n) is 5.57. The van der Waals surface area contributed by atoms with Gasteiger partial charge in [-0.15, -0.1) is 0 Å². The molecule has 0 spiro atoms. The third-order valence-corrected chi connectivity index (χ3v) is 3.98. The van der Waals surface area contributed by atoms with Gasteiger partial charge in [0.1, 0.15) is 11.5 Å². The molecular formula is C16H23NO4. The molecule has 0 bridgehead atoms. The Bertz CT molecular complexity index is 473. The minimum atomic E-state index is -0.767. The summed E-state index contributed by atoms with van der Waals surface area (Å²) in [7, 11) is 3.09. The Morgan fingerprint density at radius 3 is 2.24 bits per heavy atom. The standard InChI is InChI=1S/C16H23NO4/c1-20-13-8-12(9-14(10-13)21-2)15(18)17-11-16(19)6-4-3-5-7-16/h8-10,19H,3-7,11H2,1-2H3,(H,17,18). The number of carbonyl (C=O) groups excluding carboxylic acids is 1. The van der Waals surface area contributed by atoms with Gasteiger partial charge in [-0.05, 0) is 25.0 Å². The van der Waals surface area contributed by atoms with Crippen molar-refractivity contribution >= 4 is 5.91 Å². The van der Waals surface area contributed by atoms with Crippen LogP contribution in [0.25, 0.3) is 0 Å². The van der Waals surface area contributed by atoms with Crippen LogP contribution in [0.2, 0.25) is 0 Å². The van der Waals surface area contributed by atoms with Gasteiger partial charge in [0.25, 0.3) is 5.91 Å². The molecule has 5 nitrogen and oxygen atoms in total. The molecule has 0 aromatic heterocycles. The SMILES string of the molecule is COc1cc(OC)cc(C(=O)NCC2(O)CCCCC2)c1. The number of aliphatic hydroxyl groups is 1. The van der Waals surface area contributed by atoms with Crippen LogP contribution in [0, 0.1) is 0 Å². The molecular weight excluding hydrogens is 270 g/mol. The number of hydrogen-bond acceptors (Lipinski definition) is 4. The molecule has 1 aliphatic rings. The molecule has 0 radical (unpaired) electrons. The Morgan fingerprint density at radius 1 is 1.14 bits per heavy atom. The molecule has 2 N–H and O–H groups in total. The van der Waals surface area contributed by atoms with Crippen LogP contribution >= 0.6 is 0 Å². The second-order valence-corrected chi connectivity index (χ2v) is 5.57. The molecule has 0 saturated heterocycles. The minimum absolute atomic E-state index is 0.230. The van der Waals surface area contributed by atoms with Crippen LogP contribution in [0.15, 0.2) is 18.2 Å². The Balaban J connectivity index is 2.02. The highest BCUT2D eigenvalue weighted by Crippen LogP contribution is 2.27. The van der Waals surface area contributed by atoms with Gasteiger partial charge in [0.15, 0.2) is 0 Å². The van der Waals surface area contributed by atoms with E-state index in [0.717, 1.165) is 32.1 Å². The summed E-state index contributed by atoms with van der Waals surface area (Å²) in [6.07, 6.45) is 4.67. The van der Waals surface area contributed by atoms with Gasteiger partial charge in [-0.3, -0.25) is 4.79 Å². The van der Waals surface area contributed by atoms with Crippen molar-refractivity contribution in [3.8, 4) is 11.5 Å². The average molecular weight is 293 g/mol. The molecule has 5 heteroatoms. The zero-order valence-corrected chi connectivity index (χ0v) is 12.6. The molecule has 1 aliphatic carbocycles. The Kier molecular flexibility index (Phi) is 5.07. The van der Waals surface area contributed by atoms with Crippen molar-refractivity contribution in [2.45, 2.75) is 37.7 Å². The topological polar surface area (TPSA) is 67.8 Å². The summed E-state index contributed by atoms with van der Waals surface area (Å²) in [4.78, 5) is 12.2. The third-order valence-electron chi connectivity index (χ3n) is 3.98. The molecule has 1 fully saturated rings. The van der Waals surface area contributed by atoms with Gasteiger partial charge in [0.2, 0.25) is 0 Å². The van der Waals surface area contributed by atoms with E-state index in [2.05, 4.69) is 5.32 Å². The number of rotatable bonds is 5. The lowest BCUT2D eigenvalue weighted by Crippen LogP contribution is -2.44. The van der Waals surface area contributed by atoms with Crippen molar-refractivity contribution in [2.24, 2.45) is 0 Å². The van der Waals surface area contributed by atoms with Crippen molar-refractivity contribution in [3.05, 3.63) is 23.8 Å². The maximum Gasteiger partial charge on any atom is 0.251 e. The van der Waals surface area contributed by atoms with E-state index in [1.807, 2.05) is 0 Å². The molecule has 2 rings (SSSR count). The summed E-state index contributed by atoms with van der Waals surface area (Å²) in [5, 5.41) is 13.2. The maximum absolute atomic E-state index is 12.2. The van der Waals surface area contributed by atoms with Crippen molar-refractivity contribution in [2.75, 3.05) is 20.8 Å². The van der Waals surface area contributed by atoms with E-state index in [1.165, 1.54) is 0 Å². The maximum atomic E-state index is 12.2. The molecule has 1 aromatic carbocycles. The molecule has 116 valence electrons. The zero-order valence-electron chi connectivity index (χ0n) is 12.6. The van der Waals surface area contributed by atoms with Crippen LogP contribution in [0.3, 0.4) is 0 Å². The van der Waals surface area contributed by atoms with Gasteiger partial charge in [-0.25, -0.2) is 0 Å². The number of amides is 1. The Labute approximate surface area is 125 Å².